The fourth-order valence-corrected chi connectivity index (χ4v) is 2.65. The molecule has 8 heteroatoms. The van der Waals surface area contributed by atoms with E-state index in [-0.39, 0.29) is 31.1 Å². The Bertz CT molecular complexity index is 533. The number of thioether (sulfide) groups is 1. The van der Waals surface area contributed by atoms with Crippen molar-refractivity contribution >= 4 is 23.5 Å². The zero-order chi connectivity index (χ0) is 16.2. The molecule has 1 aliphatic rings. The summed E-state index contributed by atoms with van der Waals surface area (Å²) in [6, 6.07) is -0.127. The molecule has 0 spiro atoms. The van der Waals surface area contributed by atoms with Gasteiger partial charge in [0.25, 0.3) is 0 Å². The van der Waals surface area contributed by atoms with E-state index in [4.69, 9.17) is 4.74 Å². The number of carbonyl (C=O) groups is 1. The fourth-order valence-electron chi connectivity index (χ4n) is 2.31. The molecule has 1 fully saturated rings. The van der Waals surface area contributed by atoms with Crippen molar-refractivity contribution in [2.75, 3.05) is 18.2 Å². The Labute approximate surface area is 132 Å². The van der Waals surface area contributed by atoms with E-state index in [2.05, 4.69) is 15.3 Å². The van der Waals surface area contributed by atoms with Crippen molar-refractivity contribution in [1.29, 1.82) is 0 Å². The van der Waals surface area contributed by atoms with E-state index in [0.29, 0.717) is 23.8 Å². The lowest BCUT2D eigenvalue weighted by Gasteiger charge is -2.29. The number of nitrogens with zero attached hydrogens (tertiary/aromatic N) is 2. The van der Waals surface area contributed by atoms with Crippen LogP contribution < -0.4 is 5.32 Å². The van der Waals surface area contributed by atoms with Gasteiger partial charge in [0.05, 0.1) is 6.61 Å². The van der Waals surface area contributed by atoms with E-state index >= 15 is 0 Å². The highest BCUT2D eigenvalue weighted by molar-refractivity contribution is 7.98. The largest absolute Gasteiger partial charge is 0.462 e. The molecule has 1 saturated carbocycles. The molecule has 0 bridgehead atoms. The molecule has 0 aromatic carbocycles. The lowest BCUT2D eigenvalue weighted by molar-refractivity contribution is -0.0361. The van der Waals surface area contributed by atoms with E-state index in [1.54, 1.807) is 6.92 Å². The van der Waals surface area contributed by atoms with Crippen LogP contribution in [0.1, 0.15) is 43.0 Å². The molecule has 1 heterocycles. The molecule has 1 aromatic rings. The number of alkyl halides is 2. The van der Waals surface area contributed by atoms with Crippen LogP contribution in [0.25, 0.3) is 0 Å². The second kappa shape index (κ2) is 7.21. The van der Waals surface area contributed by atoms with E-state index in [9.17, 15) is 13.6 Å². The molecule has 1 aliphatic carbocycles. The summed E-state index contributed by atoms with van der Waals surface area (Å²) in [4.78, 5) is 20.3. The minimum atomic E-state index is -2.59. The predicted molar refractivity (Wildman–Crippen MR) is 80.6 cm³/mol. The van der Waals surface area contributed by atoms with Gasteiger partial charge < -0.3 is 10.1 Å². The maximum absolute atomic E-state index is 13.2. The molecular weight excluding hydrogens is 312 g/mol. The van der Waals surface area contributed by atoms with Gasteiger partial charge in [0.2, 0.25) is 5.92 Å². The van der Waals surface area contributed by atoms with E-state index in [0.717, 1.165) is 0 Å². The van der Waals surface area contributed by atoms with Gasteiger partial charge in [0, 0.05) is 25.1 Å². The lowest BCUT2D eigenvalue weighted by Crippen LogP contribution is -2.32. The number of rotatable bonds is 5. The zero-order valence-corrected chi connectivity index (χ0v) is 13.4. The average molecular weight is 331 g/mol. The van der Waals surface area contributed by atoms with Crippen LogP contribution in [0.15, 0.2) is 11.4 Å². The SMILES string of the molecule is CCOC(=O)c1cnc(SC)nc1NC1CCC(F)(F)CC1. The van der Waals surface area contributed by atoms with Gasteiger partial charge in [-0.1, -0.05) is 11.8 Å². The molecule has 0 aliphatic heterocycles. The maximum Gasteiger partial charge on any atom is 0.343 e. The van der Waals surface area contributed by atoms with Crippen molar-refractivity contribution in [3.05, 3.63) is 11.8 Å². The zero-order valence-electron chi connectivity index (χ0n) is 12.6. The van der Waals surface area contributed by atoms with Gasteiger partial charge in [-0.05, 0) is 26.0 Å². The van der Waals surface area contributed by atoms with Gasteiger partial charge in [-0.3, -0.25) is 0 Å². The van der Waals surface area contributed by atoms with Crippen LogP contribution in [-0.4, -0.2) is 40.8 Å². The third-order valence-electron chi connectivity index (χ3n) is 3.50. The van der Waals surface area contributed by atoms with Crippen LogP contribution in [0.2, 0.25) is 0 Å². The van der Waals surface area contributed by atoms with Crippen LogP contribution in [0.5, 0.6) is 0 Å². The molecule has 0 unspecified atom stereocenters. The number of aromatic nitrogens is 2. The van der Waals surface area contributed by atoms with E-state index in [1.165, 1.54) is 18.0 Å². The number of halogens is 2. The summed E-state index contributed by atoms with van der Waals surface area (Å²) in [6.07, 6.45) is 3.61. The van der Waals surface area contributed by atoms with Crippen molar-refractivity contribution in [1.82, 2.24) is 9.97 Å². The maximum atomic E-state index is 13.2. The number of nitrogens with one attached hydrogen (secondary N) is 1. The molecule has 1 N–H and O–H groups in total. The monoisotopic (exact) mass is 331 g/mol. The standard InChI is InChI=1S/C14H19F2N3O2S/c1-3-21-12(20)10-8-17-13(22-2)19-11(10)18-9-4-6-14(15,16)7-5-9/h8-9H,3-7H2,1-2H3,(H,17,18,19). The minimum absolute atomic E-state index is 0.127. The third-order valence-corrected chi connectivity index (χ3v) is 4.06. The molecule has 1 aromatic heterocycles. The van der Waals surface area contributed by atoms with Crippen LogP contribution in [0.4, 0.5) is 14.6 Å². The average Bonchev–Trinajstić information content (AvgIpc) is 2.49. The Hall–Kier alpha value is -1.44. The van der Waals surface area contributed by atoms with Gasteiger partial charge in [-0.15, -0.1) is 0 Å². The van der Waals surface area contributed by atoms with Gasteiger partial charge in [-0.2, -0.15) is 0 Å². The molecule has 5 nitrogen and oxygen atoms in total. The summed E-state index contributed by atoms with van der Waals surface area (Å²) in [5.74, 6) is -2.75. The Kier molecular flexibility index (Phi) is 5.55. The van der Waals surface area contributed by atoms with Crippen molar-refractivity contribution < 1.29 is 18.3 Å². The topological polar surface area (TPSA) is 64.1 Å². The Morgan fingerprint density at radius 2 is 2.18 bits per heavy atom. The number of anilines is 1. The molecule has 0 saturated heterocycles. The lowest BCUT2D eigenvalue weighted by atomic mass is 9.92. The molecule has 122 valence electrons. The summed E-state index contributed by atoms with van der Waals surface area (Å²) >= 11 is 1.34. The number of hydrogen-bond donors (Lipinski definition) is 1. The van der Waals surface area contributed by atoms with Gasteiger partial charge in [-0.25, -0.2) is 23.5 Å². The van der Waals surface area contributed by atoms with Crippen LogP contribution in [-0.2, 0) is 4.74 Å². The van der Waals surface area contributed by atoms with Crippen LogP contribution >= 0.6 is 11.8 Å². The number of ether oxygens (including phenoxy) is 1. The molecule has 2 rings (SSSR count). The Balaban J connectivity index is 2.15. The minimum Gasteiger partial charge on any atom is -0.462 e. The van der Waals surface area contributed by atoms with Crippen molar-refractivity contribution in [3.63, 3.8) is 0 Å². The molecule has 0 atom stereocenters. The fraction of sp³-hybridized carbons (Fsp3) is 0.643. The summed E-state index contributed by atoms with van der Waals surface area (Å²) in [5.41, 5.74) is 0.233. The van der Waals surface area contributed by atoms with Gasteiger partial charge >= 0.3 is 5.97 Å². The number of hydrogen-bond acceptors (Lipinski definition) is 6. The molecule has 0 amide bonds. The predicted octanol–water partition coefficient (Wildman–Crippen LogP) is 3.37. The second-order valence-electron chi connectivity index (χ2n) is 5.11. The quantitative estimate of drug-likeness (QED) is 0.507. The number of carbonyl (C=O) groups excluding carboxylic acids is 1. The summed E-state index contributed by atoms with van der Waals surface area (Å²) in [6.45, 7) is 1.96. The molecule has 22 heavy (non-hydrogen) atoms. The summed E-state index contributed by atoms with van der Waals surface area (Å²) in [5, 5.41) is 3.61. The first kappa shape index (κ1) is 16.9. The van der Waals surface area contributed by atoms with Crippen molar-refractivity contribution in [3.8, 4) is 0 Å². The normalized spacial score (nSPS) is 18.0. The summed E-state index contributed by atoms with van der Waals surface area (Å²) < 4.78 is 31.4. The first-order chi connectivity index (χ1) is 10.4. The highest BCUT2D eigenvalue weighted by atomic mass is 32.2. The highest BCUT2D eigenvalue weighted by Crippen LogP contribution is 2.34. The first-order valence-corrected chi connectivity index (χ1v) is 8.40. The molecule has 0 radical (unpaired) electrons. The van der Waals surface area contributed by atoms with Crippen molar-refractivity contribution in [2.24, 2.45) is 0 Å². The molecular formula is C14H19F2N3O2S. The smallest absolute Gasteiger partial charge is 0.343 e. The number of esters is 1. The van der Waals surface area contributed by atoms with Crippen LogP contribution in [0.3, 0.4) is 0 Å². The van der Waals surface area contributed by atoms with E-state index in [1.807, 2.05) is 6.26 Å². The van der Waals surface area contributed by atoms with Crippen molar-refractivity contribution in [2.45, 2.75) is 49.7 Å². The van der Waals surface area contributed by atoms with Crippen LogP contribution in [0, 0.1) is 0 Å². The van der Waals surface area contributed by atoms with Gasteiger partial charge in [0.1, 0.15) is 11.4 Å². The third kappa shape index (κ3) is 4.28. The van der Waals surface area contributed by atoms with E-state index < -0.39 is 11.9 Å². The Morgan fingerprint density at radius 1 is 1.50 bits per heavy atom. The summed E-state index contributed by atoms with van der Waals surface area (Å²) in [7, 11) is 0. The highest BCUT2D eigenvalue weighted by Gasteiger charge is 2.35. The first-order valence-electron chi connectivity index (χ1n) is 7.17. The van der Waals surface area contributed by atoms with Gasteiger partial charge in [0.15, 0.2) is 5.16 Å². The Morgan fingerprint density at radius 3 is 2.77 bits per heavy atom. The second-order valence-corrected chi connectivity index (χ2v) is 5.89.